The Morgan fingerprint density at radius 3 is 2.59 bits per heavy atom. The van der Waals surface area contributed by atoms with E-state index in [1.807, 2.05) is 0 Å². The molecule has 0 unspecified atom stereocenters. The second-order valence-electron chi connectivity index (χ2n) is 3.90. The molecule has 17 heavy (non-hydrogen) atoms. The maximum absolute atomic E-state index is 12.6. The number of urea groups is 1. The maximum Gasteiger partial charge on any atom is 0.418 e. The highest BCUT2D eigenvalue weighted by molar-refractivity contribution is 7.80. The van der Waals surface area contributed by atoms with Gasteiger partial charge in [-0.3, -0.25) is 4.55 Å². The molecule has 7 nitrogen and oxygen atoms in total. The molecule has 0 spiro atoms. The van der Waals surface area contributed by atoms with E-state index in [1.54, 1.807) is 0 Å². The van der Waals surface area contributed by atoms with Gasteiger partial charge in [0.1, 0.15) is 0 Å². The van der Waals surface area contributed by atoms with Crippen molar-refractivity contribution in [1.82, 2.24) is 9.96 Å². The standard InChI is InChI=1S/C7H10F2N2O5S/c8-6(9)5-2-1-4-3-10(5)7(12)11(4)16-17(13,14)15/h4-6H,1-3H2,(H,13,14,15)/t4-,5+/m1/s1. The number of piperidine rings is 1. The van der Waals surface area contributed by atoms with Crippen molar-refractivity contribution >= 4 is 16.4 Å². The molecule has 2 bridgehead atoms. The number of alkyl halides is 2. The normalized spacial score (nSPS) is 29.3. The summed E-state index contributed by atoms with van der Waals surface area (Å²) in [5, 5.41) is 0.442. The van der Waals surface area contributed by atoms with Crippen LogP contribution in [0.1, 0.15) is 12.8 Å². The quantitative estimate of drug-likeness (QED) is 0.744. The fourth-order valence-electron chi connectivity index (χ4n) is 2.12. The number of hydrogen-bond donors (Lipinski definition) is 1. The molecule has 0 aliphatic carbocycles. The summed E-state index contributed by atoms with van der Waals surface area (Å²) >= 11 is 0. The van der Waals surface area contributed by atoms with E-state index in [9.17, 15) is 22.0 Å². The molecule has 1 N–H and O–H groups in total. The van der Waals surface area contributed by atoms with Gasteiger partial charge in [0.15, 0.2) is 0 Å². The summed E-state index contributed by atoms with van der Waals surface area (Å²) in [6.45, 7) is -0.0244. The molecule has 2 rings (SSSR count). The fraction of sp³-hybridized carbons (Fsp3) is 0.857. The largest absolute Gasteiger partial charge is 0.418 e. The van der Waals surface area contributed by atoms with Gasteiger partial charge in [-0.1, -0.05) is 0 Å². The summed E-state index contributed by atoms with van der Waals surface area (Å²) in [5.41, 5.74) is 0. The van der Waals surface area contributed by atoms with E-state index in [0.717, 1.165) is 4.90 Å². The monoisotopic (exact) mass is 272 g/mol. The Morgan fingerprint density at radius 2 is 2.06 bits per heavy atom. The number of carbonyl (C=O) groups excluding carboxylic acids is 1. The maximum atomic E-state index is 12.6. The van der Waals surface area contributed by atoms with E-state index in [-0.39, 0.29) is 19.4 Å². The highest BCUT2D eigenvalue weighted by Gasteiger charge is 2.49. The van der Waals surface area contributed by atoms with Crippen LogP contribution in [0.15, 0.2) is 0 Å². The third kappa shape index (κ3) is 2.33. The Balaban J connectivity index is 2.17. The lowest BCUT2D eigenvalue weighted by atomic mass is 10.0. The SMILES string of the molecule is O=C1N2C[C@@H](CC[C@H]2C(F)F)N1OS(=O)(=O)O. The van der Waals surface area contributed by atoms with Crippen molar-refractivity contribution < 1.29 is 30.8 Å². The third-order valence-electron chi connectivity index (χ3n) is 2.83. The lowest BCUT2D eigenvalue weighted by Crippen LogP contribution is -2.44. The fourth-order valence-corrected chi connectivity index (χ4v) is 2.51. The second-order valence-corrected chi connectivity index (χ2v) is 4.90. The molecule has 98 valence electrons. The molecule has 2 fully saturated rings. The van der Waals surface area contributed by atoms with Crippen molar-refractivity contribution in [1.29, 1.82) is 0 Å². The predicted molar refractivity (Wildman–Crippen MR) is 49.4 cm³/mol. The summed E-state index contributed by atoms with van der Waals surface area (Å²) in [4.78, 5) is 12.5. The molecule has 2 amide bonds. The number of fused-ring (bicyclic) bond motifs is 2. The van der Waals surface area contributed by atoms with Gasteiger partial charge in [-0.15, -0.1) is 4.28 Å². The molecule has 0 aromatic carbocycles. The van der Waals surface area contributed by atoms with E-state index >= 15 is 0 Å². The van der Waals surface area contributed by atoms with E-state index in [2.05, 4.69) is 4.28 Å². The van der Waals surface area contributed by atoms with Crippen LogP contribution in [-0.2, 0) is 14.7 Å². The second kappa shape index (κ2) is 4.03. The van der Waals surface area contributed by atoms with Crippen molar-refractivity contribution in [2.24, 2.45) is 0 Å². The van der Waals surface area contributed by atoms with Gasteiger partial charge < -0.3 is 4.90 Å². The first kappa shape index (κ1) is 12.5. The smallest absolute Gasteiger partial charge is 0.312 e. The van der Waals surface area contributed by atoms with E-state index in [0.29, 0.717) is 5.06 Å². The van der Waals surface area contributed by atoms with E-state index in [4.69, 9.17) is 4.55 Å². The first-order valence-corrected chi connectivity index (χ1v) is 6.21. The number of carbonyl (C=O) groups is 1. The minimum atomic E-state index is -4.83. The summed E-state index contributed by atoms with van der Waals surface area (Å²) in [6.07, 6.45) is -2.42. The number of hydrogen-bond acceptors (Lipinski definition) is 4. The molecular weight excluding hydrogens is 262 g/mol. The van der Waals surface area contributed by atoms with Crippen LogP contribution in [0.25, 0.3) is 0 Å². The molecule has 2 saturated heterocycles. The van der Waals surface area contributed by atoms with Crippen LogP contribution in [0.4, 0.5) is 13.6 Å². The Kier molecular flexibility index (Phi) is 2.96. The molecular formula is C7H10F2N2O5S. The van der Waals surface area contributed by atoms with Crippen LogP contribution in [0.2, 0.25) is 0 Å². The number of nitrogens with zero attached hydrogens (tertiary/aromatic N) is 2. The van der Waals surface area contributed by atoms with E-state index in [1.165, 1.54) is 0 Å². The van der Waals surface area contributed by atoms with Crippen LogP contribution in [0.3, 0.4) is 0 Å². The molecule has 2 aliphatic heterocycles. The summed E-state index contributed by atoms with van der Waals surface area (Å²) in [5.74, 6) is 0. The van der Waals surface area contributed by atoms with Gasteiger partial charge in [-0.2, -0.15) is 13.5 Å². The summed E-state index contributed by atoms with van der Waals surface area (Å²) < 4.78 is 58.8. The molecule has 0 radical (unpaired) electrons. The third-order valence-corrected chi connectivity index (χ3v) is 3.18. The lowest BCUT2D eigenvalue weighted by molar-refractivity contribution is -0.0321. The Labute approximate surface area is 95.8 Å². The molecule has 0 aromatic rings. The highest BCUT2D eigenvalue weighted by atomic mass is 32.3. The summed E-state index contributed by atoms with van der Waals surface area (Å²) in [6, 6.07) is -2.82. The Morgan fingerprint density at radius 1 is 1.41 bits per heavy atom. The van der Waals surface area contributed by atoms with Gasteiger partial charge >= 0.3 is 16.4 Å². The van der Waals surface area contributed by atoms with Crippen LogP contribution in [0.5, 0.6) is 0 Å². The van der Waals surface area contributed by atoms with Gasteiger partial charge in [0.25, 0.3) is 6.43 Å². The summed E-state index contributed by atoms with van der Waals surface area (Å²) in [7, 11) is -4.83. The first-order valence-electron chi connectivity index (χ1n) is 4.84. The topological polar surface area (TPSA) is 87.2 Å². The highest BCUT2D eigenvalue weighted by Crippen LogP contribution is 2.32. The van der Waals surface area contributed by atoms with Gasteiger partial charge in [-0.05, 0) is 12.8 Å². The molecule has 2 heterocycles. The average molecular weight is 272 g/mol. The van der Waals surface area contributed by atoms with Crippen molar-refractivity contribution in [2.75, 3.05) is 6.54 Å². The molecule has 10 heteroatoms. The molecule has 2 atom stereocenters. The van der Waals surface area contributed by atoms with E-state index < -0.39 is 34.9 Å². The average Bonchev–Trinajstić information content (AvgIpc) is 2.42. The minimum Gasteiger partial charge on any atom is -0.312 e. The van der Waals surface area contributed by atoms with Gasteiger partial charge in [-0.25, -0.2) is 13.6 Å². The number of halogens is 2. The molecule has 0 aromatic heterocycles. The molecule has 0 saturated carbocycles. The van der Waals surface area contributed by atoms with Gasteiger partial charge in [0.05, 0.1) is 12.1 Å². The van der Waals surface area contributed by atoms with Gasteiger partial charge in [0.2, 0.25) is 0 Å². The van der Waals surface area contributed by atoms with Crippen LogP contribution in [-0.4, -0.2) is 54.0 Å². The zero-order chi connectivity index (χ0) is 12.8. The zero-order valence-electron chi connectivity index (χ0n) is 8.49. The number of hydroxylamine groups is 2. The van der Waals surface area contributed by atoms with Crippen molar-refractivity contribution in [3.8, 4) is 0 Å². The predicted octanol–water partition coefficient (Wildman–Crippen LogP) is 0.255. The van der Waals surface area contributed by atoms with Crippen LogP contribution in [0, 0.1) is 0 Å². The molecule has 2 aliphatic rings. The van der Waals surface area contributed by atoms with Crippen molar-refractivity contribution in [3.05, 3.63) is 0 Å². The first-order chi connectivity index (χ1) is 7.79. The Bertz CT molecular complexity index is 428. The van der Waals surface area contributed by atoms with Gasteiger partial charge in [0, 0.05) is 6.54 Å². The lowest BCUT2D eigenvalue weighted by Gasteiger charge is -2.29. The number of rotatable bonds is 3. The zero-order valence-corrected chi connectivity index (χ0v) is 9.31. The van der Waals surface area contributed by atoms with Crippen molar-refractivity contribution in [2.45, 2.75) is 31.4 Å². The Hall–Kier alpha value is -1.00. The minimum absolute atomic E-state index is 0.0244. The number of amides is 2. The van der Waals surface area contributed by atoms with Crippen molar-refractivity contribution in [3.63, 3.8) is 0 Å². The van der Waals surface area contributed by atoms with Crippen LogP contribution >= 0.6 is 0 Å². The van der Waals surface area contributed by atoms with Crippen LogP contribution < -0.4 is 0 Å².